The molecule has 23 heavy (non-hydrogen) atoms. The van der Waals surface area contributed by atoms with Gasteiger partial charge in [-0.05, 0) is 36.9 Å². The Morgan fingerprint density at radius 1 is 1.13 bits per heavy atom. The highest BCUT2D eigenvalue weighted by atomic mass is 16.2. The van der Waals surface area contributed by atoms with Crippen molar-refractivity contribution in [2.45, 2.75) is 12.8 Å². The van der Waals surface area contributed by atoms with Crippen LogP contribution in [0.15, 0.2) is 62.7 Å². The molecule has 0 saturated carbocycles. The maximum atomic E-state index is 10.7. The number of likely N-dealkylation sites (tertiary alicyclic amines) is 1. The van der Waals surface area contributed by atoms with Gasteiger partial charge in [-0.2, -0.15) is 0 Å². The van der Waals surface area contributed by atoms with Crippen molar-refractivity contribution >= 4 is 18.1 Å². The normalized spacial score (nSPS) is 12.3. The third-order valence-electron chi connectivity index (χ3n) is 2.94. The number of rotatable bonds is 3. The van der Waals surface area contributed by atoms with Crippen molar-refractivity contribution in [2.75, 3.05) is 6.54 Å². The van der Waals surface area contributed by atoms with E-state index in [4.69, 9.17) is 0 Å². The quantitative estimate of drug-likeness (QED) is 0.943. The number of imidazole rings is 1. The molecule has 5 nitrogen and oxygen atoms in total. The summed E-state index contributed by atoms with van der Waals surface area (Å²) in [6, 6.07) is 5.73. The van der Waals surface area contributed by atoms with Crippen LogP contribution in [-0.4, -0.2) is 32.3 Å². The molecule has 0 bridgehead atoms. The molecule has 0 radical (unpaired) electrons. The highest BCUT2D eigenvalue weighted by molar-refractivity contribution is 5.78. The second kappa shape index (κ2) is 10.7. The van der Waals surface area contributed by atoms with Crippen LogP contribution in [-0.2, 0) is 4.79 Å². The zero-order valence-electron chi connectivity index (χ0n) is 13.2. The van der Waals surface area contributed by atoms with Crippen molar-refractivity contribution in [1.82, 2.24) is 19.9 Å². The van der Waals surface area contributed by atoms with Gasteiger partial charge in [0.15, 0.2) is 0 Å². The average Bonchev–Trinajstić information content (AvgIpc) is 3.27. The van der Waals surface area contributed by atoms with Crippen molar-refractivity contribution in [3.8, 4) is 0 Å². The fourth-order valence-corrected chi connectivity index (χ4v) is 1.75. The summed E-state index contributed by atoms with van der Waals surface area (Å²) in [6.45, 7) is 11.4. The summed E-state index contributed by atoms with van der Waals surface area (Å²) in [5.74, 6) is 1.03. The van der Waals surface area contributed by atoms with Crippen molar-refractivity contribution in [3.63, 3.8) is 0 Å². The van der Waals surface area contributed by atoms with E-state index in [1.165, 1.54) is 0 Å². The number of aromatic amines is 1. The number of nitrogens with zero attached hydrogens (tertiary/aromatic N) is 3. The van der Waals surface area contributed by atoms with Gasteiger partial charge < -0.3 is 9.88 Å². The lowest BCUT2D eigenvalue weighted by Gasteiger charge is -2.05. The van der Waals surface area contributed by atoms with Crippen LogP contribution < -0.4 is 0 Å². The third kappa shape index (κ3) is 7.04. The lowest BCUT2D eigenvalue weighted by atomic mass is 10.4. The standard InChI is InChI=1S/C7H7N.C6H9NO.C5H6N2/c1-2-7-5-3-4-6-8-7;1-2-7-5-3-4-6(7)8;1-2-5-6-3-4-7-5/h2-6H,1H2;2H,1,3-5H2;2-4H,1H2,(H,6,7). The van der Waals surface area contributed by atoms with Gasteiger partial charge in [0.05, 0.1) is 5.69 Å². The molecule has 2 aromatic rings. The molecule has 1 amide bonds. The van der Waals surface area contributed by atoms with Crippen molar-refractivity contribution in [3.05, 3.63) is 74.2 Å². The first-order valence-electron chi connectivity index (χ1n) is 7.28. The van der Waals surface area contributed by atoms with Crippen LogP contribution >= 0.6 is 0 Å². The Bertz CT molecular complexity index is 605. The van der Waals surface area contributed by atoms with Gasteiger partial charge in [-0.1, -0.05) is 25.8 Å². The maximum absolute atomic E-state index is 10.7. The molecule has 1 fully saturated rings. The molecule has 1 saturated heterocycles. The Hall–Kier alpha value is -2.95. The maximum Gasteiger partial charge on any atom is 0.226 e. The summed E-state index contributed by atoms with van der Waals surface area (Å²) in [5.41, 5.74) is 0.924. The van der Waals surface area contributed by atoms with Crippen molar-refractivity contribution < 1.29 is 4.79 Å². The second-order valence-corrected chi connectivity index (χ2v) is 4.51. The average molecular weight is 310 g/mol. The van der Waals surface area contributed by atoms with E-state index in [2.05, 4.69) is 34.7 Å². The molecule has 3 heterocycles. The van der Waals surface area contributed by atoms with Gasteiger partial charge in [0.1, 0.15) is 5.82 Å². The van der Waals surface area contributed by atoms with Gasteiger partial charge in [0.2, 0.25) is 5.91 Å². The summed E-state index contributed by atoms with van der Waals surface area (Å²) in [6.07, 6.45) is 11.9. The number of nitrogens with one attached hydrogen (secondary N) is 1. The Morgan fingerprint density at radius 3 is 2.26 bits per heavy atom. The first-order chi connectivity index (χ1) is 11.2. The zero-order valence-corrected chi connectivity index (χ0v) is 13.2. The van der Waals surface area contributed by atoms with Crippen LogP contribution in [0.4, 0.5) is 0 Å². The molecule has 2 aromatic heterocycles. The molecule has 3 rings (SSSR count). The Kier molecular flexibility index (Phi) is 8.44. The largest absolute Gasteiger partial charge is 0.345 e. The van der Waals surface area contributed by atoms with Crippen molar-refractivity contribution in [2.24, 2.45) is 0 Å². The number of H-pyrrole nitrogens is 1. The van der Waals surface area contributed by atoms with Gasteiger partial charge in [-0.15, -0.1) is 0 Å². The van der Waals surface area contributed by atoms with Crippen LogP contribution in [0.2, 0.25) is 0 Å². The number of pyridine rings is 1. The van der Waals surface area contributed by atoms with E-state index < -0.39 is 0 Å². The smallest absolute Gasteiger partial charge is 0.226 e. The Morgan fingerprint density at radius 2 is 1.96 bits per heavy atom. The van der Waals surface area contributed by atoms with E-state index in [1.54, 1.807) is 41.8 Å². The van der Waals surface area contributed by atoms with E-state index in [9.17, 15) is 4.79 Å². The van der Waals surface area contributed by atoms with Crippen LogP contribution in [0.5, 0.6) is 0 Å². The van der Waals surface area contributed by atoms with Crippen LogP contribution in [0.1, 0.15) is 24.4 Å². The first kappa shape index (κ1) is 18.1. The van der Waals surface area contributed by atoms with E-state index in [-0.39, 0.29) is 5.91 Å². The topological polar surface area (TPSA) is 61.9 Å². The summed E-state index contributed by atoms with van der Waals surface area (Å²) in [5, 5.41) is 0. The number of carbonyl (C=O) groups is 1. The number of hydrogen-bond acceptors (Lipinski definition) is 3. The molecule has 1 aliphatic heterocycles. The van der Waals surface area contributed by atoms with Crippen molar-refractivity contribution in [1.29, 1.82) is 0 Å². The predicted molar refractivity (Wildman–Crippen MR) is 94.2 cm³/mol. The van der Waals surface area contributed by atoms with E-state index in [0.717, 1.165) is 24.5 Å². The number of amides is 1. The molecular formula is C18H22N4O. The molecule has 120 valence electrons. The van der Waals surface area contributed by atoms with Gasteiger partial charge in [0.25, 0.3) is 0 Å². The molecule has 0 aliphatic carbocycles. The highest BCUT2D eigenvalue weighted by Crippen LogP contribution is 2.08. The zero-order chi connectivity index (χ0) is 16.9. The van der Waals surface area contributed by atoms with Gasteiger partial charge in [0, 0.05) is 31.6 Å². The SMILES string of the molecule is C=CN1CCCC1=O.C=Cc1ccccn1.C=Cc1ncc[nH]1. The number of carbonyl (C=O) groups excluding carboxylic acids is 1. The Balaban J connectivity index is 0.000000173. The van der Waals surface area contributed by atoms with Gasteiger partial charge in [-0.25, -0.2) is 4.98 Å². The summed E-state index contributed by atoms with van der Waals surface area (Å²) < 4.78 is 0. The van der Waals surface area contributed by atoms with Gasteiger partial charge >= 0.3 is 0 Å². The molecule has 1 aliphatic rings. The predicted octanol–water partition coefficient (Wildman–Crippen LogP) is 3.53. The highest BCUT2D eigenvalue weighted by Gasteiger charge is 2.15. The summed E-state index contributed by atoms with van der Waals surface area (Å²) in [7, 11) is 0. The number of hydrogen-bond donors (Lipinski definition) is 1. The molecule has 1 N–H and O–H groups in total. The fraction of sp³-hybridized carbons (Fsp3) is 0.167. The molecule has 0 unspecified atom stereocenters. The van der Waals surface area contributed by atoms with E-state index in [0.29, 0.717) is 6.42 Å². The second-order valence-electron chi connectivity index (χ2n) is 4.51. The molecular weight excluding hydrogens is 288 g/mol. The third-order valence-corrected chi connectivity index (χ3v) is 2.94. The minimum absolute atomic E-state index is 0.208. The molecule has 5 heteroatoms. The minimum Gasteiger partial charge on any atom is -0.345 e. The van der Waals surface area contributed by atoms with Crippen LogP contribution in [0.3, 0.4) is 0 Å². The lowest BCUT2D eigenvalue weighted by Crippen LogP contribution is -2.16. The minimum atomic E-state index is 0.208. The molecule has 0 spiro atoms. The van der Waals surface area contributed by atoms with Gasteiger partial charge in [-0.3, -0.25) is 9.78 Å². The Labute approximate surface area is 137 Å². The van der Waals surface area contributed by atoms with E-state index >= 15 is 0 Å². The summed E-state index contributed by atoms with van der Waals surface area (Å²) in [4.78, 5) is 23.0. The first-order valence-corrected chi connectivity index (χ1v) is 7.28. The van der Waals surface area contributed by atoms with Crippen LogP contribution in [0.25, 0.3) is 12.2 Å². The molecule has 0 aromatic carbocycles. The number of aromatic nitrogens is 3. The summed E-state index contributed by atoms with van der Waals surface area (Å²) >= 11 is 0. The lowest BCUT2D eigenvalue weighted by molar-refractivity contribution is -0.125. The molecule has 0 atom stereocenters. The monoisotopic (exact) mass is 310 g/mol. The van der Waals surface area contributed by atoms with E-state index in [1.807, 2.05) is 18.2 Å². The van der Waals surface area contributed by atoms with Crippen LogP contribution in [0, 0.1) is 0 Å². The fourth-order valence-electron chi connectivity index (χ4n) is 1.75.